The summed E-state index contributed by atoms with van der Waals surface area (Å²) in [6.45, 7) is 2.82. The standard InChI is InChI=1S/C29H31NO7/c1-18-20(5-4-6-22(18)21-9-10-25-28(15-21)37-12-11-36-25)8-7-19-13-26(34-2)23(27(14-19)35-3)16-30-24(17-31)29(32)33/h4-10,13-15,24,30-31H,11-12,16-17H2,1-3H3,(H,32,33)/b8-7+/t24-/m0/s1. The molecule has 0 spiro atoms. The van der Waals surface area contributed by atoms with Gasteiger partial charge in [0.25, 0.3) is 0 Å². The summed E-state index contributed by atoms with van der Waals surface area (Å²) in [6.07, 6.45) is 4.02. The molecular weight excluding hydrogens is 474 g/mol. The fourth-order valence-electron chi connectivity index (χ4n) is 4.27. The molecule has 3 aromatic rings. The van der Waals surface area contributed by atoms with E-state index in [2.05, 4.69) is 24.4 Å². The molecule has 4 rings (SSSR count). The highest BCUT2D eigenvalue weighted by atomic mass is 16.6. The van der Waals surface area contributed by atoms with E-state index in [1.165, 1.54) is 0 Å². The summed E-state index contributed by atoms with van der Waals surface area (Å²) in [5.74, 6) is 1.49. The molecule has 0 amide bonds. The minimum atomic E-state index is -1.13. The number of nitrogens with one attached hydrogen (secondary N) is 1. The Morgan fingerprint density at radius 2 is 1.73 bits per heavy atom. The van der Waals surface area contributed by atoms with Gasteiger partial charge < -0.3 is 29.2 Å². The SMILES string of the molecule is COc1cc(/C=C/c2cccc(-c3ccc4c(c3)OCCO4)c2C)cc(OC)c1CN[C@@H](CO)C(=O)O. The third kappa shape index (κ3) is 5.87. The topological polar surface area (TPSA) is 106 Å². The number of fused-ring (bicyclic) bond motifs is 1. The monoisotopic (exact) mass is 505 g/mol. The number of methoxy groups -OCH3 is 2. The molecule has 0 aromatic heterocycles. The highest BCUT2D eigenvalue weighted by molar-refractivity contribution is 5.79. The van der Waals surface area contributed by atoms with Crippen molar-refractivity contribution in [1.29, 1.82) is 0 Å². The Morgan fingerprint density at radius 1 is 1.03 bits per heavy atom. The number of benzene rings is 3. The highest BCUT2D eigenvalue weighted by Crippen LogP contribution is 2.36. The number of rotatable bonds is 10. The summed E-state index contributed by atoms with van der Waals surface area (Å²) in [5, 5.41) is 21.3. The van der Waals surface area contributed by atoms with E-state index in [9.17, 15) is 15.0 Å². The first-order valence-electron chi connectivity index (χ1n) is 11.9. The van der Waals surface area contributed by atoms with Crippen LogP contribution in [0.3, 0.4) is 0 Å². The van der Waals surface area contributed by atoms with Gasteiger partial charge in [-0.25, -0.2) is 0 Å². The molecule has 1 aliphatic heterocycles. The molecule has 0 saturated carbocycles. The van der Waals surface area contributed by atoms with Crippen molar-refractivity contribution in [2.24, 2.45) is 0 Å². The van der Waals surface area contributed by atoms with Gasteiger partial charge in [-0.2, -0.15) is 0 Å². The molecular formula is C29H31NO7. The number of aliphatic hydroxyl groups excluding tert-OH is 1. The first-order valence-corrected chi connectivity index (χ1v) is 11.9. The first-order chi connectivity index (χ1) is 17.9. The van der Waals surface area contributed by atoms with Crippen molar-refractivity contribution in [1.82, 2.24) is 5.32 Å². The lowest BCUT2D eigenvalue weighted by Crippen LogP contribution is -2.39. The summed E-state index contributed by atoms with van der Waals surface area (Å²) < 4.78 is 22.5. The number of carboxylic acid groups (broad SMARTS) is 1. The lowest BCUT2D eigenvalue weighted by molar-refractivity contribution is -0.140. The number of ether oxygens (including phenoxy) is 4. The van der Waals surface area contributed by atoms with E-state index in [-0.39, 0.29) is 6.54 Å². The summed E-state index contributed by atoms with van der Waals surface area (Å²) in [4.78, 5) is 11.2. The largest absolute Gasteiger partial charge is 0.496 e. The van der Waals surface area contributed by atoms with Crippen molar-refractivity contribution in [3.63, 3.8) is 0 Å². The van der Waals surface area contributed by atoms with Crippen LogP contribution in [0.25, 0.3) is 23.3 Å². The quantitative estimate of drug-likeness (QED) is 0.353. The Labute approximate surface area is 216 Å². The lowest BCUT2D eigenvalue weighted by Gasteiger charge is -2.19. The first kappa shape index (κ1) is 26.1. The third-order valence-corrected chi connectivity index (χ3v) is 6.32. The maximum atomic E-state index is 11.2. The highest BCUT2D eigenvalue weighted by Gasteiger charge is 2.19. The summed E-state index contributed by atoms with van der Waals surface area (Å²) in [7, 11) is 3.10. The van der Waals surface area contributed by atoms with Crippen LogP contribution in [-0.2, 0) is 11.3 Å². The molecule has 194 valence electrons. The van der Waals surface area contributed by atoms with Gasteiger partial charge >= 0.3 is 5.97 Å². The Hall–Kier alpha value is -4.01. The van der Waals surface area contributed by atoms with E-state index in [0.717, 1.165) is 39.3 Å². The van der Waals surface area contributed by atoms with Gasteiger partial charge in [0.1, 0.15) is 30.8 Å². The van der Waals surface area contributed by atoms with Crippen molar-refractivity contribution < 1.29 is 34.0 Å². The fraction of sp³-hybridized carbons (Fsp3) is 0.276. The molecule has 0 radical (unpaired) electrons. The summed E-state index contributed by atoms with van der Waals surface area (Å²) >= 11 is 0. The van der Waals surface area contributed by atoms with Crippen molar-refractivity contribution in [2.45, 2.75) is 19.5 Å². The number of carbonyl (C=O) groups is 1. The number of carboxylic acids is 1. The lowest BCUT2D eigenvalue weighted by atomic mass is 9.95. The Morgan fingerprint density at radius 3 is 2.38 bits per heavy atom. The summed E-state index contributed by atoms with van der Waals surface area (Å²) in [6, 6.07) is 14.8. The predicted molar refractivity (Wildman–Crippen MR) is 141 cm³/mol. The Kier molecular flexibility index (Phi) is 8.32. The zero-order valence-corrected chi connectivity index (χ0v) is 21.1. The molecule has 0 bridgehead atoms. The zero-order chi connectivity index (χ0) is 26.4. The van der Waals surface area contributed by atoms with Crippen LogP contribution >= 0.6 is 0 Å². The van der Waals surface area contributed by atoms with Crippen LogP contribution in [0.15, 0.2) is 48.5 Å². The van der Waals surface area contributed by atoms with Gasteiger partial charge in [0, 0.05) is 12.1 Å². The van der Waals surface area contributed by atoms with Gasteiger partial charge in [0.05, 0.1) is 20.8 Å². The molecule has 37 heavy (non-hydrogen) atoms. The van der Waals surface area contributed by atoms with Crippen molar-refractivity contribution >= 4 is 18.1 Å². The molecule has 3 aromatic carbocycles. The molecule has 3 N–H and O–H groups in total. The van der Waals surface area contributed by atoms with Crippen molar-refractivity contribution in [3.8, 4) is 34.1 Å². The van der Waals surface area contributed by atoms with Gasteiger partial charge in [0.15, 0.2) is 11.5 Å². The smallest absolute Gasteiger partial charge is 0.323 e. The Bertz CT molecular complexity index is 1280. The number of aliphatic hydroxyl groups is 1. The second-order valence-electron chi connectivity index (χ2n) is 8.57. The van der Waals surface area contributed by atoms with Crippen molar-refractivity contribution in [3.05, 3.63) is 70.8 Å². The van der Waals surface area contributed by atoms with Crippen LogP contribution in [0.1, 0.15) is 22.3 Å². The third-order valence-electron chi connectivity index (χ3n) is 6.32. The van der Waals surface area contributed by atoms with E-state index in [1.54, 1.807) is 14.2 Å². The van der Waals surface area contributed by atoms with E-state index in [0.29, 0.717) is 30.3 Å². The van der Waals surface area contributed by atoms with Gasteiger partial charge in [-0.3, -0.25) is 10.1 Å². The van der Waals surface area contributed by atoms with E-state index < -0.39 is 18.6 Å². The molecule has 1 heterocycles. The van der Waals surface area contributed by atoms with Crippen molar-refractivity contribution in [2.75, 3.05) is 34.0 Å². The second kappa shape index (κ2) is 11.8. The second-order valence-corrected chi connectivity index (χ2v) is 8.57. The molecule has 8 nitrogen and oxygen atoms in total. The van der Waals surface area contributed by atoms with Crippen LogP contribution in [0.2, 0.25) is 0 Å². The molecule has 0 fully saturated rings. The molecule has 1 atom stereocenters. The van der Waals surface area contributed by atoms with Crippen LogP contribution in [0.5, 0.6) is 23.0 Å². The minimum Gasteiger partial charge on any atom is -0.496 e. The fourth-order valence-corrected chi connectivity index (χ4v) is 4.27. The summed E-state index contributed by atoms with van der Waals surface area (Å²) in [5.41, 5.74) is 5.87. The zero-order valence-electron chi connectivity index (χ0n) is 21.1. The van der Waals surface area contributed by atoms with Crippen LogP contribution < -0.4 is 24.3 Å². The molecule has 0 unspecified atom stereocenters. The number of aliphatic carboxylic acids is 1. The molecule has 8 heteroatoms. The average molecular weight is 506 g/mol. The van der Waals surface area contributed by atoms with Gasteiger partial charge in [-0.1, -0.05) is 36.4 Å². The maximum Gasteiger partial charge on any atom is 0.323 e. The van der Waals surface area contributed by atoms with E-state index >= 15 is 0 Å². The van der Waals surface area contributed by atoms with Crippen LogP contribution in [0.4, 0.5) is 0 Å². The van der Waals surface area contributed by atoms with Crippen LogP contribution in [0, 0.1) is 6.92 Å². The van der Waals surface area contributed by atoms with E-state index in [4.69, 9.17) is 18.9 Å². The predicted octanol–water partition coefficient (Wildman–Crippen LogP) is 4.16. The Balaban J connectivity index is 1.60. The normalized spacial score (nSPS) is 13.4. The average Bonchev–Trinajstić information content (AvgIpc) is 2.92. The van der Waals surface area contributed by atoms with E-state index in [1.807, 2.05) is 48.6 Å². The van der Waals surface area contributed by atoms with Crippen LogP contribution in [-0.4, -0.2) is 56.3 Å². The maximum absolute atomic E-state index is 11.2. The minimum absolute atomic E-state index is 0.157. The molecule has 0 saturated heterocycles. The van der Waals surface area contributed by atoms with Gasteiger partial charge in [-0.05, 0) is 59.0 Å². The molecule has 1 aliphatic rings. The number of hydrogen-bond donors (Lipinski definition) is 3. The number of hydrogen-bond acceptors (Lipinski definition) is 7. The molecule has 0 aliphatic carbocycles. The van der Waals surface area contributed by atoms with Gasteiger partial charge in [-0.15, -0.1) is 0 Å². The van der Waals surface area contributed by atoms with Gasteiger partial charge in [0.2, 0.25) is 0 Å².